The lowest BCUT2D eigenvalue weighted by molar-refractivity contribution is -0.144. The molecule has 2 fully saturated rings. The lowest BCUT2D eigenvalue weighted by Crippen LogP contribution is -2.49. The van der Waals surface area contributed by atoms with Gasteiger partial charge in [-0.3, -0.25) is 19.2 Å². The molecule has 1 aromatic rings. The fourth-order valence-corrected chi connectivity index (χ4v) is 4.50. The third kappa shape index (κ3) is 5.79. The number of likely N-dealkylation sites (N-methyl/N-ethyl adjacent to an activating group) is 1. The van der Waals surface area contributed by atoms with Crippen molar-refractivity contribution in [1.29, 1.82) is 0 Å². The first-order chi connectivity index (χ1) is 13.8. The number of likely N-dealkylation sites (tertiary alicyclic amines) is 1. The Bertz CT molecular complexity index is 696. The first kappa shape index (κ1) is 21.8. The van der Waals surface area contributed by atoms with Crippen molar-refractivity contribution in [2.45, 2.75) is 70.2 Å². The van der Waals surface area contributed by atoms with Gasteiger partial charge in [0.2, 0.25) is 11.8 Å². The van der Waals surface area contributed by atoms with E-state index in [-0.39, 0.29) is 36.1 Å². The molecule has 2 saturated heterocycles. The van der Waals surface area contributed by atoms with Gasteiger partial charge in [-0.05, 0) is 46.2 Å². The second kappa shape index (κ2) is 9.71. The van der Waals surface area contributed by atoms with E-state index in [1.807, 2.05) is 31.9 Å². The standard InChI is InChI=1S/C21H35N5O3/c1-15-13-26(14-16(2)29-15)21(28)11-18-5-6-19(24(18)3)12-22-20(27)8-7-17-9-10-23-25(17)4/h9-10,15-16,18-19H,5-8,11-14H2,1-4H3,(H,22,27)/t15-,16+,18-,19+/m1/s1. The molecule has 3 rings (SSSR count). The van der Waals surface area contributed by atoms with Crippen LogP contribution in [0.25, 0.3) is 0 Å². The summed E-state index contributed by atoms with van der Waals surface area (Å²) in [4.78, 5) is 29.2. The number of hydrogen-bond donors (Lipinski definition) is 1. The highest BCUT2D eigenvalue weighted by molar-refractivity contribution is 5.77. The predicted molar refractivity (Wildman–Crippen MR) is 110 cm³/mol. The van der Waals surface area contributed by atoms with E-state index < -0.39 is 0 Å². The number of nitrogens with zero attached hydrogens (tertiary/aromatic N) is 4. The van der Waals surface area contributed by atoms with E-state index in [0.29, 0.717) is 38.9 Å². The Morgan fingerprint density at radius 2 is 1.86 bits per heavy atom. The Morgan fingerprint density at radius 3 is 2.52 bits per heavy atom. The monoisotopic (exact) mass is 405 g/mol. The summed E-state index contributed by atoms with van der Waals surface area (Å²) in [7, 11) is 3.96. The average Bonchev–Trinajstić information content (AvgIpc) is 3.23. The van der Waals surface area contributed by atoms with Crippen LogP contribution >= 0.6 is 0 Å². The Balaban J connectivity index is 1.40. The van der Waals surface area contributed by atoms with Crippen LogP contribution in [0.4, 0.5) is 0 Å². The topological polar surface area (TPSA) is 79.7 Å². The van der Waals surface area contributed by atoms with E-state index in [9.17, 15) is 9.59 Å². The molecule has 0 spiro atoms. The maximum Gasteiger partial charge on any atom is 0.224 e. The SMILES string of the molecule is C[C@@H]1CN(C(=O)C[C@H]2CC[C@@H](CNC(=O)CCc3ccnn3C)N2C)C[C@H](C)O1. The minimum absolute atomic E-state index is 0.0652. The summed E-state index contributed by atoms with van der Waals surface area (Å²) in [5.41, 5.74) is 1.06. The predicted octanol–water partition coefficient (Wildman–Crippen LogP) is 0.958. The van der Waals surface area contributed by atoms with Crippen LogP contribution in [0.3, 0.4) is 0 Å². The molecular formula is C21H35N5O3. The molecule has 8 heteroatoms. The van der Waals surface area contributed by atoms with Gasteiger partial charge in [-0.15, -0.1) is 0 Å². The number of aromatic nitrogens is 2. The van der Waals surface area contributed by atoms with Crippen LogP contribution in [0.1, 0.15) is 45.2 Å². The van der Waals surface area contributed by atoms with Gasteiger partial charge in [-0.1, -0.05) is 0 Å². The van der Waals surface area contributed by atoms with Crippen molar-refractivity contribution in [3.05, 3.63) is 18.0 Å². The summed E-state index contributed by atoms with van der Waals surface area (Å²) in [5, 5.41) is 7.19. The fourth-order valence-electron chi connectivity index (χ4n) is 4.50. The van der Waals surface area contributed by atoms with E-state index in [1.54, 1.807) is 10.9 Å². The molecule has 0 aromatic carbocycles. The number of aryl methyl sites for hydroxylation is 2. The van der Waals surface area contributed by atoms with Crippen molar-refractivity contribution in [2.75, 3.05) is 26.7 Å². The maximum atomic E-state index is 12.8. The van der Waals surface area contributed by atoms with Gasteiger partial charge in [-0.2, -0.15) is 5.10 Å². The highest BCUT2D eigenvalue weighted by Gasteiger charge is 2.34. The minimum Gasteiger partial charge on any atom is -0.372 e. The highest BCUT2D eigenvalue weighted by atomic mass is 16.5. The van der Waals surface area contributed by atoms with E-state index in [1.165, 1.54) is 0 Å². The lowest BCUT2D eigenvalue weighted by atomic mass is 10.1. The molecule has 2 amide bonds. The van der Waals surface area contributed by atoms with Gasteiger partial charge in [0.1, 0.15) is 0 Å². The quantitative estimate of drug-likeness (QED) is 0.731. The molecule has 0 unspecified atom stereocenters. The second-order valence-electron chi connectivity index (χ2n) is 8.56. The molecule has 4 atom stereocenters. The van der Waals surface area contributed by atoms with Gasteiger partial charge in [0.15, 0.2) is 0 Å². The summed E-state index contributed by atoms with van der Waals surface area (Å²) in [6, 6.07) is 2.47. The van der Waals surface area contributed by atoms with Gasteiger partial charge in [0.25, 0.3) is 0 Å². The number of nitrogens with one attached hydrogen (secondary N) is 1. The summed E-state index contributed by atoms with van der Waals surface area (Å²) < 4.78 is 7.53. The molecule has 0 radical (unpaired) electrons. The molecule has 1 aromatic heterocycles. The zero-order valence-corrected chi connectivity index (χ0v) is 18.1. The molecule has 2 aliphatic rings. The van der Waals surface area contributed by atoms with Gasteiger partial charge in [0, 0.05) is 63.5 Å². The number of amides is 2. The summed E-state index contributed by atoms with van der Waals surface area (Å²) >= 11 is 0. The molecule has 29 heavy (non-hydrogen) atoms. The van der Waals surface area contributed by atoms with Crippen LogP contribution in [0.5, 0.6) is 0 Å². The van der Waals surface area contributed by atoms with Crippen molar-refractivity contribution in [2.24, 2.45) is 7.05 Å². The number of carbonyl (C=O) groups is 2. The van der Waals surface area contributed by atoms with Crippen LogP contribution in [-0.4, -0.2) is 82.4 Å². The molecule has 3 heterocycles. The average molecular weight is 406 g/mol. The number of carbonyl (C=O) groups excluding carboxylic acids is 2. The van der Waals surface area contributed by atoms with Crippen molar-refractivity contribution in [3.8, 4) is 0 Å². The van der Waals surface area contributed by atoms with Crippen molar-refractivity contribution >= 4 is 11.8 Å². The third-order valence-corrected chi connectivity index (χ3v) is 6.23. The molecule has 0 saturated carbocycles. The van der Waals surface area contributed by atoms with Crippen molar-refractivity contribution in [1.82, 2.24) is 24.9 Å². The maximum absolute atomic E-state index is 12.8. The van der Waals surface area contributed by atoms with E-state index >= 15 is 0 Å². The lowest BCUT2D eigenvalue weighted by Gasteiger charge is -2.36. The largest absolute Gasteiger partial charge is 0.372 e. The van der Waals surface area contributed by atoms with E-state index in [0.717, 1.165) is 18.5 Å². The Morgan fingerprint density at radius 1 is 1.17 bits per heavy atom. The Hall–Kier alpha value is -1.93. The van der Waals surface area contributed by atoms with Crippen LogP contribution in [0.15, 0.2) is 12.3 Å². The van der Waals surface area contributed by atoms with Gasteiger partial charge < -0.3 is 15.0 Å². The molecule has 8 nitrogen and oxygen atoms in total. The highest BCUT2D eigenvalue weighted by Crippen LogP contribution is 2.25. The van der Waals surface area contributed by atoms with E-state index in [2.05, 4.69) is 22.4 Å². The normalized spacial score (nSPS) is 27.9. The molecule has 162 valence electrons. The zero-order chi connectivity index (χ0) is 21.0. The fraction of sp³-hybridized carbons (Fsp3) is 0.762. The number of rotatable bonds is 7. The van der Waals surface area contributed by atoms with Gasteiger partial charge in [-0.25, -0.2) is 0 Å². The Kier molecular flexibility index (Phi) is 7.29. The summed E-state index contributed by atoms with van der Waals surface area (Å²) in [6.45, 7) is 6.03. The van der Waals surface area contributed by atoms with Crippen LogP contribution in [0.2, 0.25) is 0 Å². The Labute approximate surface area is 173 Å². The van der Waals surface area contributed by atoms with Gasteiger partial charge >= 0.3 is 0 Å². The smallest absolute Gasteiger partial charge is 0.224 e. The molecule has 0 aliphatic carbocycles. The van der Waals surface area contributed by atoms with Gasteiger partial charge in [0.05, 0.1) is 12.2 Å². The summed E-state index contributed by atoms with van der Waals surface area (Å²) in [6.07, 6.45) is 5.64. The van der Waals surface area contributed by atoms with E-state index in [4.69, 9.17) is 4.74 Å². The summed E-state index contributed by atoms with van der Waals surface area (Å²) in [5.74, 6) is 0.278. The third-order valence-electron chi connectivity index (χ3n) is 6.23. The molecular weight excluding hydrogens is 370 g/mol. The van der Waals surface area contributed by atoms with Crippen molar-refractivity contribution in [3.63, 3.8) is 0 Å². The minimum atomic E-state index is 0.0652. The first-order valence-corrected chi connectivity index (χ1v) is 10.7. The van der Waals surface area contributed by atoms with Crippen LogP contribution in [-0.2, 0) is 27.8 Å². The number of ether oxygens (including phenoxy) is 1. The second-order valence-corrected chi connectivity index (χ2v) is 8.56. The number of hydrogen-bond acceptors (Lipinski definition) is 5. The molecule has 0 bridgehead atoms. The van der Waals surface area contributed by atoms with Crippen LogP contribution < -0.4 is 5.32 Å². The van der Waals surface area contributed by atoms with Crippen LogP contribution in [0, 0.1) is 0 Å². The molecule has 1 N–H and O–H groups in total. The zero-order valence-electron chi connectivity index (χ0n) is 18.1. The molecule has 2 aliphatic heterocycles. The van der Waals surface area contributed by atoms with Crippen molar-refractivity contribution < 1.29 is 14.3 Å². The number of morpholine rings is 1. The first-order valence-electron chi connectivity index (χ1n) is 10.7.